The highest BCUT2D eigenvalue weighted by atomic mass is 16.6. The van der Waals surface area contributed by atoms with Crippen LogP contribution >= 0.6 is 0 Å². The molecular formula is C10H9N3O4. The summed E-state index contributed by atoms with van der Waals surface area (Å²) in [4.78, 5) is 24.6. The average Bonchev–Trinajstić information content (AvgIpc) is 2.55. The molecule has 0 radical (unpaired) electrons. The van der Waals surface area contributed by atoms with Crippen molar-refractivity contribution in [3.05, 3.63) is 39.8 Å². The molecule has 2 aromatic rings. The third-order valence-corrected chi connectivity index (χ3v) is 2.33. The van der Waals surface area contributed by atoms with E-state index in [1.165, 1.54) is 4.40 Å². The molecule has 0 aliphatic carbocycles. The van der Waals surface area contributed by atoms with Gasteiger partial charge >= 0.3 is 11.8 Å². The van der Waals surface area contributed by atoms with Gasteiger partial charge in [-0.1, -0.05) is 0 Å². The second kappa shape index (κ2) is 3.85. The number of aryl methyl sites for hydroxylation is 1. The molecule has 0 saturated carbocycles. The molecule has 88 valence electrons. The molecule has 0 spiro atoms. The van der Waals surface area contributed by atoms with Gasteiger partial charge in [-0.3, -0.25) is 9.20 Å². The van der Waals surface area contributed by atoms with Crippen LogP contribution in [0.2, 0.25) is 0 Å². The summed E-state index contributed by atoms with van der Waals surface area (Å²) in [7, 11) is 0. The molecule has 17 heavy (non-hydrogen) atoms. The van der Waals surface area contributed by atoms with E-state index >= 15 is 0 Å². The minimum atomic E-state index is -1.08. The first-order valence-electron chi connectivity index (χ1n) is 4.83. The average molecular weight is 235 g/mol. The lowest BCUT2D eigenvalue weighted by atomic mass is 10.3. The first kappa shape index (κ1) is 11.1. The van der Waals surface area contributed by atoms with Gasteiger partial charge in [0, 0.05) is 6.20 Å². The Morgan fingerprint density at radius 1 is 1.65 bits per heavy atom. The van der Waals surface area contributed by atoms with Crippen LogP contribution in [0.4, 0.5) is 5.82 Å². The number of pyridine rings is 1. The van der Waals surface area contributed by atoms with Crippen molar-refractivity contribution < 1.29 is 14.8 Å². The van der Waals surface area contributed by atoms with Crippen LogP contribution in [-0.4, -0.2) is 25.4 Å². The van der Waals surface area contributed by atoms with Gasteiger partial charge in [0.25, 0.3) is 0 Å². The van der Waals surface area contributed by atoms with Crippen LogP contribution in [0.5, 0.6) is 0 Å². The minimum absolute atomic E-state index is 0.152. The predicted molar refractivity (Wildman–Crippen MR) is 57.9 cm³/mol. The fraction of sp³-hybridized carbons (Fsp3) is 0.200. The number of carboxylic acids is 1. The Bertz CT molecular complexity index is 617. The van der Waals surface area contributed by atoms with Crippen molar-refractivity contribution in [3.8, 4) is 0 Å². The Labute approximate surface area is 95.5 Å². The summed E-state index contributed by atoms with van der Waals surface area (Å²) in [6.45, 7) is 1.80. The number of nitrogens with zero attached hydrogens (tertiary/aromatic N) is 3. The van der Waals surface area contributed by atoms with Crippen LogP contribution in [0.25, 0.3) is 5.52 Å². The van der Waals surface area contributed by atoms with E-state index in [0.717, 1.165) is 5.56 Å². The van der Waals surface area contributed by atoms with Crippen LogP contribution in [0.1, 0.15) is 11.4 Å². The fourth-order valence-corrected chi connectivity index (χ4v) is 1.63. The van der Waals surface area contributed by atoms with Crippen molar-refractivity contribution >= 4 is 17.3 Å². The van der Waals surface area contributed by atoms with E-state index in [4.69, 9.17) is 5.11 Å². The second-order valence-corrected chi connectivity index (χ2v) is 3.64. The standard InChI is InChI=1S/C10H9N3O4/c1-6-2-3-12-7(4-6)10(13(16)17)11-8(12)5-9(14)15/h2-4H,5H2,1H3,(H,14,15). The summed E-state index contributed by atoms with van der Waals surface area (Å²) in [6.07, 6.45) is 1.24. The lowest BCUT2D eigenvalue weighted by Gasteiger charge is -1.96. The highest BCUT2D eigenvalue weighted by molar-refractivity contribution is 5.71. The summed E-state index contributed by atoms with van der Waals surface area (Å²) in [5, 5.41) is 19.5. The van der Waals surface area contributed by atoms with Gasteiger partial charge in [-0.05, 0) is 34.5 Å². The Balaban J connectivity index is 2.70. The summed E-state index contributed by atoms with van der Waals surface area (Å²) in [5.41, 5.74) is 1.16. The van der Waals surface area contributed by atoms with E-state index in [2.05, 4.69) is 4.98 Å². The normalized spacial score (nSPS) is 10.6. The zero-order chi connectivity index (χ0) is 12.6. The Morgan fingerprint density at radius 3 is 2.94 bits per heavy atom. The van der Waals surface area contributed by atoms with E-state index < -0.39 is 10.9 Å². The van der Waals surface area contributed by atoms with Crippen molar-refractivity contribution in [1.29, 1.82) is 0 Å². The molecule has 7 heteroatoms. The van der Waals surface area contributed by atoms with E-state index in [9.17, 15) is 14.9 Å². The van der Waals surface area contributed by atoms with Gasteiger partial charge in [-0.25, -0.2) is 0 Å². The maximum Gasteiger partial charge on any atom is 0.389 e. The number of carbonyl (C=O) groups is 1. The van der Waals surface area contributed by atoms with Crippen molar-refractivity contribution in [2.45, 2.75) is 13.3 Å². The number of aliphatic carboxylic acids is 1. The fourth-order valence-electron chi connectivity index (χ4n) is 1.63. The maximum atomic E-state index is 10.8. The Kier molecular flexibility index (Phi) is 2.51. The number of hydrogen-bond donors (Lipinski definition) is 1. The lowest BCUT2D eigenvalue weighted by Crippen LogP contribution is -2.04. The predicted octanol–water partition coefficient (Wildman–Crippen LogP) is 1.18. The number of rotatable bonds is 3. The third kappa shape index (κ3) is 1.94. The lowest BCUT2D eigenvalue weighted by molar-refractivity contribution is -0.387. The third-order valence-electron chi connectivity index (χ3n) is 2.33. The number of fused-ring (bicyclic) bond motifs is 1. The summed E-state index contributed by atoms with van der Waals surface area (Å²) in [5.74, 6) is -1.24. The molecule has 1 N–H and O–H groups in total. The van der Waals surface area contributed by atoms with Gasteiger partial charge in [0.2, 0.25) is 5.82 Å². The molecule has 0 aliphatic heterocycles. The molecule has 0 atom stereocenters. The van der Waals surface area contributed by atoms with Crippen molar-refractivity contribution in [2.75, 3.05) is 0 Å². The summed E-state index contributed by atoms with van der Waals surface area (Å²) >= 11 is 0. The number of aromatic nitrogens is 2. The van der Waals surface area contributed by atoms with E-state index in [1.807, 2.05) is 0 Å². The van der Waals surface area contributed by atoms with Gasteiger partial charge in [-0.2, -0.15) is 0 Å². The van der Waals surface area contributed by atoms with Gasteiger partial charge < -0.3 is 15.2 Å². The Morgan fingerprint density at radius 2 is 2.35 bits per heavy atom. The van der Waals surface area contributed by atoms with Crippen molar-refractivity contribution in [3.63, 3.8) is 0 Å². The number of hydrogen-bond acceptors (Lipinski definition) is 4. The zero-order valence-corrected chi connectivity index (χ0v) is 8.95. The SMILES string of the molecule is Cc1ccn2c(CC(=O)O)nc([N+](=O)[O-])c2c1. The highest BCUT2D eigenvalue weighted by Gasteiger charge is 2.23. The van der Waals surface area contributed by atoms with Gasteiger partial charge in [0.15, 0.2) is 0 Å². The minimum Gasteiger partial charge on any atom is -0.481 e. The topological polar surface area (TPSA) is 97.7 Å². The zero-order valence-electron chi connectivity index (χ0n) is 8.95. The van der Waals surface area contributed by atoms with Gasteiger partial charge in [-0.15, -0.1) is 0 Å². The molecule has 7 nitrogen and oxygen atoms in total. The molecule has 0 saturated heterocycles. The molecule has 0 fully saturated rings. The molecule has 2 aromatic heterocycles. The molecular weight excluding hydrogens is 226 g/mol. The Hall–Kier alpha value is -2.44. The highest BCUT2D eigenvalue weighted by Crippen LogP contribution is 2.21. The first-order valence-corrected chi connectivity index (χ1v) is 4.83. The maximum absolute atomic E-state index is 10.8. The van der Waals surface area contributed by atoms with Crippen LogP contribution in [0.15, 0.2) is 18.3 Å². The molecule has 2 heterocycles. The van der Waals surface area contributed by atoms with E-state index in [-0.39, 0.29) is 18.1 Å². The van der Waals surface area contributed by atoms with Crippen LogP contribution < -0.4 is 0 Å². The first-order chi connectivity index (χ1) is 7.99. The van der Waals surface area contributed by atoms with Crippen LogP contribution in [0.3, 0.4) is 0 Å². The van der Waals surface area contributed by atoms with Gasteiger partial charge in [0.1, 0.15) is 11.9 Å². The van der Waals surface area contributed by atoms with Crippen molar-refractivity contribution in [2.24, 2.45) is 0 Å². The molecule has 0 aliphatic rings. The molecule has 2 rings (SSSR count). The second-order valence-electron chi connectivity index (χ2n) is 3.64. The molecule has 0 bridgehead atoms. The van der Waals surface area contributed by atoms with E-state index in [0.29, 0.717) is 5.52 Å². The molecule has 0 aromatic carbocycles. The van der Waals surface area contributed by atoms with Crippen molar-refractivity contribution in [1.82, 2.24) is 9.38 Å². The van der Waals surface area contributed by atoms with Crippen LogP contribution in [-0.2, 0) is 11.2 Å². The number of imidazole rings is 1. The van der Waals surface area contributed by atoms with Crippen LogP contribution in [0, 0.1) is 17.0 Å². The summed E-state index contributed by atoms with van der Waals surface area (Å²) < 4.78 is 1.43. The molecule has 0 unspecified atom stereocenters. The van der Waals surface area contributed by atoms with Gasteiger partial charge in [0.05, 0.1) is 0 Å². The number of nitro groups is 1. The quantitative estimate of drug-likeness (QED) is 0.636. The smallest absolute Gasteiger partial charge is 0.389 e. The largest absolute Gasteiger partial charge is 0.481 e. The number of carboxylic acid groups (broad SMARTS) is 1. The molecule has 0 amide bonds. The summed E-state index contributed by atoms with van der Waals surface area (Å²) in [6, 6.07) is 3.35. The van der Waals surface area contributed by atoms with E-state index in [1.54, 1.807) is 25.3 Å². The monoisotopic (exact) mass is 235 g/mol.